The molecule has 0 atom stereocenters. The number of nitrogens with one attached hydrogen (secondary N) is 11. The first-order chi connectivity index (χ1) is 21.3. The number of urea groups is 5. The second kappa shape index (κ2) is 21.0. The summed E-state index contributed by atoms with van der Waals surface area (Å²) in [5.74, 6) is -2.50. The molecular formula is C23H35N11O11. The molecule has 45 heavy (non-hydrogen) atoms. The number of Topliss-reactive ketones (excluding diaryl/α,β-unsaturated/α-hetero) is 5. The Labute approximate surface area is 254 Å². The third kappa shape index (κ3) is 19.8. The molecule has 0 bridgehead atoms. The van der Waals surface area contributed by atoms with E-state index in [-0.39, 0.29) is 100 Å². The molecular weight excluding hydrogens is 606 g/mol. The molecule has 0 aromatic heterocycles. The van der Waals surface area contributed by atoms with Crippen molar-refractivity contribution in [3.8, 4) is 0 Å². The van der Waals surface area contributed by atoms with Crippen LogP contribution in [0.2, 0.25) is 0 Å². The van der Waals surface area contributed by atoms with Crippen molar-refractivity contribution in [2.24, 2.45) is 0 Å². The third-order valence-corrected chi connectivity index (χ3v) is 5.52. The topological polar surface area (TPSA) is 320 Å². The average Bonchev–Trinajstić information content (AvgIpc) is 3.01. The molecule has 0 spiro atoms. The molecule has 1 saturated heterocycles. The Bertz CT molecular complexity index is 1090. The number of hydrogen-bond acceptors (Lipinski definition) is 11. The minimum Gasteiger partial charge on any atom is -0.336 e. The first-order valence-electron chi connectivity index (χ1n) is 13.5. The Morgan fingerprint density at radius 3 is 0.844 bits per heavy atom. The van der Waals surface area contributed by atoms with E-state index in [9.17, 15) is 52.7 Å². The van der Waals surface area contributed by atoms with Crippen molar-refractivity contribution < 1.29 is 52.7 Å². The van der Waals surface area contributed by atoms with Crippen LogP contribution in [0.1, 0.15) is 70.6 Å². The van der Waals surface area contributed by atoms with Gasteiger partial charge >= 0.3 is 30.2 Å². The largest absolute Gasteiger partial charge is 0.352 e. The van der Waals surface area contributed by atoms with Gasteiger partial charge in [0.1, 0.15) is 28.9 Å². The highest BCUT2D eigenvalue weighted by atomic mass is 16.2. The van der Waals surface area contributed by atoms with Crippen molar-refractivity contribution in [1.29, 1.82) is 0 Å². The third-order valence-electron chi connectivity index (χ3n) is 5.52. The molecule has 22 nitrogen and oxygen atoms in total. The normalized spacial score (nSPS) is 19.6. The van der Waals surface area contributed by atoms with Gasteiger partial charge in [-0.1, -0.05) is 0 Å². The lowest BCUT2D eigenvalue weighted by Gasteiger charge is -2.13. The minimum absolute atomic E-state index is 0.104. The lowest BCUT2D eigenvalue weighted by molar-refractivity contribution is -0.128. The number of rotatable bonds is 0. The molecule has 22 heteroatoms. The zero-order chi connectivity index (χ0) is 33.6. The molecule has 1 aliphatic rings. The maximum atomic E-state index is 12.0. The highest BCUT2D eigenvalue weighted by molar-refractivity contribution is 5.92. The first-order valence-corrected chi connectivity index (χ1v) is 13.5. The summed E-state index contributed by atoms with van der Waals surface area (Å²) in [6, 6.07) is -5.47. The lowest BCUT2D eigenvalue weighted by atomic mass is 10.0. The van der Waals surface area contributed by atoms with Gasteiger partial charge in [-0.3, -0.25) is 34.2 Å². The second-order valence-electron chi connectivity index (χ2n) is 9.19. The molecule has 0 radical (unpaired) electrons. The Morgan fingerprint density at radius 2 is 0.511 bits per heavy atom. The van der Waals surface area contributed by atoms with Crippen LogP contribution in [-0.4, -0.2) is 71.5 Å². The van der Waals surface area contributed by atoms with Gasteiger partial charge in [0.2, 0.25) is 5.91 Å². The first kappa shape index (κ1) is 37.2. The van der Waals surface area contributed by atoms with Gasteiger partial charge < -0.3 is 5.32 Å². The number of ketones is 5. The Balaban J connectivity index is 2.59. The smallest absolute Gasteiger partial charge is 0.336 e. The summed E-state index contributed by atoms with van der Waals surface area (Å²) in [7, 11) is 0. The maximum Gasteiger partial charge on any atom is 0.352 e. The highest BCUT2D eigenvalue weighted by Crippen LogP contribution is 2.07. The number of hydrogen-bond donors (Lipinski definition) is 11. The van der Waals surface area contributed by atoms with Crippen LogP contribution in [0.15, 0.2) is 0 Å². The van der Waals surface area contributed by atoms with Gasteiger partial charge in [-0.2, -0.15) is 0 Å². The van der Waals surface area contributed by atoms with E-state index >= 15 is 0 Å². The molecule has 1 rings (SSSR count). The molecule has 1 heterocycles. The summed E-state index contributed by atoms with van der Waals surface area (Å²) in [5, 5.41) is 2.27. The molecule has 11 amide bonds. The molecule has 0 aromatic carbocycles. The van der Waals surface area contributed by atoms with Gasteiger partial charge in [0.15, 0.2) is 0 Å². The van der Waals surface area contributed by atoms with Crippen LogP contribution in [-0.2, 0) is 28.8 Å². The molecule has 0 saturated carbocycles. The summed E-state index contributed by atoms with van der Waals surface area (Å²) in [4.78, 5) is 130. The van der Waals surface area contributed by atoms with Crippen LogP contribution in [0.3, 0.4) is 0 Å². The van der Waals surface area contributed by atoms with E-state index in [2.05, 4.69) is 5.32 Å². The van der Waals surface area contributed by atoms with Gasteiger partial charge in [-0.25, -0.2) is 72.8 Å². The number of carbonyl (C=O) groups excluding carboxylic acids is 11. The van der Waals surface area contributed by atoms with Crippen molar-refractivity contribution in [3.05, 3.63) is 0 Å². The number of carbonyl (C=O) groups is 11. The van der Waals surface area contributed by atoms with E-state index in [0.29, 0.717) is 0 Å². The lowest BCUT2D eigenvalue weighted by Crippen LogP contribution is -2.60. The Kier molecular flexibility index (Phi) is 17.3. The molecule has 0 unspecified atom stereocenters. The molecule has 1 aliphatic heterocycles. The highest BCUT2D eigenvalue weighted by Gasteiger charge is 2.15. The fourth-order valence-electron chi connectivity index (χ4n) is 3.12. The van der Waals surface area contributed by atoms with Crippen molar-refractivity contribution in [2.45, 2.75) is 70.6 Å². The Hall–Kier alpha value is -5.83. The summed E-state index contributed by atoms with van der Waals surface area (Å²) in [6.45, 7) is -0.125. The van der Waals surface area contributed by atoms with Crippen LogP contribution in [0.25, 0.3) is 0 Å². The van der Waals surface area contributed by atoms with E-state index in [1.165, 1.54) is 0 Å². The molecule has 11 N–H and O–H groups in total. The molecule has 248 valence electrons. The van der Waals surface area contributed by atoms with Gasteiger partial charge in [0, 0.05) is 77.2 Å². The SMILES string of the molecule is O=C1CCNC(=O)NNC(=O)NNC(=O)NNC(=O)NNC(=O)NNC(=O)CCC(=O)CCC(=O)CCC(=O)CCC(=O)CC1. The van der Waals surface area contributed by atoms with Gasteiger partial charge in [0.25, 0.3) is 0 Å². The number of hydrazine groups is 5. The maximum absolute atomic E-state index is 12.0. The second-order valence-corrected chi connectivity index (χ2v) is 9.19. The van der Waals surface area contributed by atoms with Crippen molar-refractivity contribution in [2.75, 3.05) is 6.54 Å². The van der Waals surface area contributed by atoms with Crippen LogP contribution in [0.5, 0.6) is 0 Å². The summed E-state index contributed by atoms with van der Waals surface area (Å²) < 4.78 is 0. The fraction of sp³-hybridized carbons (Fsp3) is 0.522. The molecule has 0 aliphatic carbocycles. The Morgan fingerprint density at radius 1 is 0.267 bits per heavy atom. The zero-order valence-electron chi connectivity index (χ0n) is 24.0. The van der Waals surface area contributed by atoms with Gasteiger partial charge in [-0.05, 0) is 0 Å². The van der Waals surface area contributed by atoms with Crippen molar-refractivity contribution >= 4 is 65.0 Å². The van der Waals surface area contributed by atoms with Crippen LogP contribution < -0.4 is 59.6 Å². The van der Waals surface area contributed by atoms with Crippen molar-refractivity contribution in [1.82, 2.24) is 59.6 Å². The van der Waals surface area contributed by atoms with Gasteiger partial charge in [0.05, 0.1) is 0 Å². The fourth-order valence-corrected chi connectivity index (χ4v) is 3.12. The predicted molar refractivity (Wildman–Crippen MR) is 147 cm³/mol. The number of amides is 11. The van der Waals surface area contributed by atoms with E-state index in [0.717, 1.165) is 0 Å². The summed E-state index contributed by atoms with van der Waals surface area (Å²) in [5.41, 5.74) is 18.4. The van der Waals surface area contributed by atoms with Crippen LogP contribution in [0.4, 0.5) is 24.0 Å². The molecule has 1 fully saturated rings. The van der Waals surface area contributed by atoms with Crippen molar-refractivity contribution in [3.63, 3.8) is 0 Å². The van der Waals surface area contributed by atoms with E-state index in [1.54, 1.807) is 32.6 Å². The summed E-state index contributed by atoms with van der Waals surface area (Å²) in [6.07, 6.45) is -1.63. The predicted octanol–water partition coefficient (Wildman–Crippen LogP) is -2.68. The van der Waals surface area contributed by atoms with E-state index in [1.807, 2.05) is 21.7 Å². The van der Waals surface area contributed by atoms with Crippen LogP contribution >= 0.6 is 0 Å². The molecule has 0 aromatic rings. The van der Waals surface area contributed by atoms with Gasteiger partial charge in [-0.15, -0.1) is 0 Å². The standard InChI is InChI=1S/C23H35N11O11/c35-13-1-2-14(36)5-6-16(38)9-10-18(40)25-27-20(42)29-31-22(44)33-34-23(45)32-30-21(43)28-26-19(41)24-12-11-17(39)8-7-15(37)4-3-13/h1-12H2,(H,25,40)(H2,24,26,41)(H2,27,29,42)(H2,28,30,43)(H2,31,33,44)(H2,32,34,45). The monoisotopic (exact) mass is 641 g/mol. The van der Waals surface area contributed by atoms with E-state index < -0.39 is 41.8 Å². The van der Waals surface area contributed by atoms with Crippen LogP contribution in [0, 0.1) is 0 Å². The van der Waals surface area contributed by atoms with E-state index in [4.69, 9.17) is 0 Å². The minimum atomic E-state index is -1.17. The zero-order valence-corrected chi connectivity index (χ0v) is 24.0. The summed E-state index contributed by atoms with van der Waals surface area (Å²) >= 11 is 0. The average molecular weight is 642 g/mol. The quantitative estimate of drug-likeness (QED) is 0.129.